The zero-order valence-electron chi connectivity index (χ0n) is 14.9. The standard InChI is InChI=1S/C18H34O2/c1-9-17(7,8)14(19)20-18(10-2)12-15(3,4)11-16(5,6)13-18/h9-13H2,1-8H3. The van der Waals surface area contributed by atoms with Crippen LogP contribution >= 0.6 is 0 Å². The molecule has 1 aliphatic carbocycles. The van der Waals surface area contributed by atoms with Crippen LogP contribution in [0.5, 0.6) is 0 Å². The number of hydrogen-bond acceptors (Lipinski definition) is 2. The van der Waals surface area contributed by atoms with Gasteiger partial charge in [-0.25, -0.2) is 0 Å². The topological polar surface area (TPSA) is 26.3 Å². The highest BCUT2D eigenvalue weighted by Gasteiger charge is 2.49. The van der Waals surface area contributed by atoms with E-state index in [1.807, 2.05) is 13.8 Å². The third-order valence-electron chi connectivity index (χ3n) is 4.95. The molecule has 0 amide bonds. The van der Waals surface area contributed by atoms with Crippen molar-refractivity contribution in [2.45, 2.75) is 93.1 Å². The molecule has 0 spiro atoms. The molecule has 0 bridgehead atoms. The van der Waals surface area contributed by atoms with Crippen molar-refractivity contribution in [2.24, 2.45) is 16.2 Å². The van der Waals surface area contributed by atoms with Gasteiger partial charge in [0.15, 0.2) is 0 Å². The molecule has 0 heterocycles. The SMILES string of the molecule is CCC1(OC(=O)C(C)(C)CC)CC(C)(C)CC(C)(C)C1. The first-order chi connectivity index (χ1) is 8.87. The molecule has 0 aromatic rings. The Balaban J connectivity index is 3.00. The highest BCUT2D eigenvalue weighted by atomic mass is 16.6. The highest BCUT2D eigenvalue weighted by Crippen LogP contribution is 2.53. The molecule has 0 aliphatic heterocycles. The molecule has 0 unspecified atom stereocenters. The van der Waals surface area contributed by atoms with Crippen LogP contribution in [0.15, 0.2) is 0 Å². The number of ether oxygens (including phenoxy) is 1. The largest absolute Gasteiger partial charge is 0.459 e. The Labute approximate surface area is 125 Å². The minimum atomic E-state index is -0.381. The van der Waals surface area contributed by atoms with Gasteiger partial charge in [0.1, 0.15) is 5.60 Å². The maximum Gasteiger partial charge on any atom is 0.312 e. The Bertz CT molecular complexity index is 348. The number of esters is 1. The van der Waals surface area contributed by atoms with E-state index >= 15 is 0 Å². The summed E-state index contributed by atoms with van der Waals surface area (Å²) in [7, 11) is 0. The molecule has 0 aromatic carbocycles. The van der Waals surface area contributed by atoms with Crippen molar-refractivity contribution in [1.82, 2.24) is 0 Å². The van der Waals surface area contributed by atoms with Crippen LogP contribution in [0.25, 0.3) is 0 Å². The molecule has 20 heavy (non-hydrogen) atoms. The normalized spacial score (nSPS) is 24.2. The Hall–Kier alpha value is -0.530. The van der Waals surface area contributed by atoms with Crippen LogP contribution in [-0.2, 0) is 9.53 Å². The van der Waals surface area contributed by atoms with Gasteiger partial charge in [0, 0.05) is 0 Å². The first-order valence-electron chi connectivity index (χ1n) is 8.11. The van der Waals surface area contributed by atoms with E-state index in [1.54, 1.807) is 0 Å². The minimum Gasteiger partial charge on any atom is -0.459 e. The summed E-state index contributed by atoms with van der Waals surface area (Å²) in [6, 6.07) is 0. The molecule has 118 valence electrons. The summed E-state index contributed by atoms with van der Waals surface area (Å²) >= 11 is 0. The summed E-state index contributed by atoms with van der Waals surface area (Å²) in [6.07, 6.45) is 4.87. The first kappa shape index (κ1) is 17.5. The molecule has 0 radical (unpaired) electrons. The van der Waals surface area contributed by atoms with Gasteiger partial charge in [-0.1, -0.05) is 41.5 Å². The maximum absolute atomic E-state index is 12.5. The van der Waals surface area contributed by atoms with E-state index in [0.29, 0.717) is 0 Å². The molecule has 0 saturated heterocycles. The number of carbonyl (C=O) groups is 1. The molecule has 1 fully saturated rings. The van der Waals surface area contributed by atoms with Crippen LogP contribution in [0.4, 0.5) is 0 Å². The predicted molar refractivity (Wildman–Crippen MR) is 84.6 cm³/mol. The average molecular weight is 282 g/mol. The molecule has 2 heteroatoms. The zero-order valence-corrected chi connectivity index (χ0v) is 14.9. The number of rotatable bonds is 4. The summed E-state index contributed by atoms with van der Waals surface area (Å²) in [5.74, 6) is -0.0321. The van der Waals surface area contributed by atoms with E-state index in [2.05, 4.69) is 41.5 Å². The van der Waals surface area contributed by atoms with Gasteiger partial charge in [-0.2, -0.15) is 0 Å². The summed E-state index contributed by atoms with van der Waals surface area (Å²) in [5.41, 5.74) is -0.203. The van der Waals surface area contributed by atoms with E-state index in [0.717, 1.165) is 25.7 Å². The Morgan fingerprint density at radius 2 is 1.45 bits per heavy atom. The lowest BCUT2D eigenvalue weighted by Crippen LogP contribution is -2.50. The second kappa shape index (κ2) is 5.35. The fourth-order valence-corrected chi connectivity index (χ4v) is 4.10. The fourth-order valence-electron chi connectivity index (χ4n) is 4.10. The van der Waals surface area contributed by atoms with Crippen molar-refractivity contribution >= 4 is 5.97 Å². The lowest BCUT2D eigenvalue weighted by molar-refractivity contribution is -0.186. The fraction of sp³-hybridized carbons (Fsp3) is 0.944. The highest BCUT2D eigenvalue weighted by molar-refractivity contribution is 5.76. The summed E-state index contributed by atoms with van der Waals surface area (Å²) < 4.78 is 6.12. The molecular weight excluding hydrogens is 248 g/mol. The van der Waals surface area contributed by atoms with Gasteiger partial charge in [0.2, 0.25) is 0 Å². The van der Waals surface area contributed by atoms with Crippen LogP contribution in [0.1, 0.15) is 87.5 Å². The van der Waals surface area contributed by atoms with Crippen molar-refractivity contribution in [3.05, 3.63) is 0 Å². The van der Waals surface area contributed by atoms with Gasteiger partial charge in [-0.3, -0.25) is 4.79 Å². The van der Waals surface area contributed by atoms with Crippen molar-refractivity contribution in [2.75, 3.05) is 0 Å². The lowest BCUT2D eigenvalue weighted by Gasteiger charge is -2.51. The molecular formula is C18H34O2. The Kier molecular flexibility index (Phi) is 4.68. The summed E-state index contributed by atoms with van der Waals surface area (Å²) in [5, 5.41) is 0. The molecule has 1 aliphatic rings. The molecule has 1 rings (SSSR count). The zero-order chi connectivity index (χ0) is 15.8. The molecule has 0 N–H and O–H groups in total. The van der Waals surface area contributed by atoms with E-state index in [4.69, 9.17) is 4.74 Å². The Morgan fingerprint density at radius 3 is 1.80 bits per heavy atom. The van der Waals surface area contributed by atoms with Gasteiger partial charge in [-0.05, 0) is 56.8 Å². The van der Waals surface area contributed by atoms with Crippen LogP contribution in [0.2, 0.25) is 0 Å². The van der Waals surface area contributed by atoms with Crippen molar-refractivity contribution in [3.8, 4) is 0 Å². The van der Waals surface area contributed by atoms with Crippen LogP contribution in [0, 0.1) is 16.2 Å². The van der Waals surface area contributed by atoms with E-state index in [1.165, 1.54) is 6.42 Å². The molecule has 0 aromatic heterocycles. The Morgan fingerprint density at radius 1 is 1.00 bits per heavy atom. The summed E-state index contributed by atoms with van der Waals surface area (Å²) in [4.78, 5) is 12.5. The van der Waals surface area contributed by atoms with Gasteiger partial charge in [0.05, 0.1) is 5.41 Å². The van der Waals surface area contributed by atoms with E-state index < -0.39 is 0 Å². The lowest BCUT2D eigenvalue weighted by atomic mass is 9.59. The van der Waals surface area contributed by atoms with Gasteiger partial charge in [0.25, 0.3) is 0 Å². The average Bonchev–Trinajstić information content (AvgIpc) is 2.24. The predicted octanol–water partition coefficient (Wildman–Crippen LogP) is 5.35. The van der Waals surface area contributed by atoms with E-state index in [-0.39, 0.29) is 27.8 Å². The van der Waals surface area contributed by atoms with Crippen molar-refractivity contribution in [1.29, 1.82) is 0 Å². The van der Waals surface area contributed by atoms with Crippen LogP contribution in [-0.4, -0.2) is 11.6 Å². The second-order valence-electron chi connectivity index (χ2n) is 9.02. The maximum atomic E-state index is 12.5. The van der Waals surface area contributed by atoms with E-state index in [9.17, 15) is 4.79 Å². The third kappa shape index (κ3) is 3.99. The van der Waals surface area contributed by atoms with Crippen molar-refractivity contribution in [3.63, 3.8) is 0 Å². The number of carbonyl (C=O) groups excluding carboxylic acids is 1. The van der Waals surface area contributed by atoms with Gasteiger partial charge in [-0.15, -0.1) is 0 Å². The summed E-state index contributed by atoms with van der Waals surface area (Å²) in [6.45, 7) is 17.4. The molecule has 1 saturated carbocycles. The smallest absolute Gasteiger partial charge is 0.312 e. The monoisotopic (exact) mass is 282 g/mol. The van der Waals surface area contributed by atoms with Crippen molar-refractivity contribution < 1.29 is 9.53 Å². The quantitative estimate of drug-likeness (QED) is 0.650. The number of hydrogen-bond donors (Lipinski definition) is 0. The third-order valence-corrected chi connectivity index (χ3v) is 4.95. The van der Waals surface area contributed by atoms with Gasteiger partial charge < -0.3 is 4.74 Å². The second-order valence-corrected chi connectivity index (χ2v) is 9.02. The first-order valence-corrected chi connectivity index (χ1v) is 8.11. The molecule has 0 atom stereocenters. The van der Waals surface area contributed by atoms with Crippen LogP contribution in [0.3, 0.4) is 0 Å². The van der Waals surface area contributed by atoms with Crippen LogP contribution < -0.4 is 0 Å². The van der Waals surface area contributed by atoms with Gasteiger partial charge >= 0.3 is 5.97 Å². The minimum absolute atomic E-state index is 0.0321. The molecule has 2 nitrogen and oxygen atoms in total.